The molecule has 0 radical (unpaired) electrons. The maximum atomic E-state index is 13.2. The predicted molar refractivity (Wildman–Crippen MR) is 126 cm³/mol. The molecule has 2 aliphatic rings. The molecule has 5 rings (SSSR count). The molecule has 2 fully saturated rings. The molecule has 8 heteroatoms. The molecule has 3 aromatic rings. The Balaban J connectivity index is 1.39. The van der Waals surface area contributed by atoms with Crippen LogP contribution >= 0.6 is 0 Å². The third kappa shape index (κ3) is 4.54. The zero-order valence-electron chi connectivity index (χ0n) is 19.1. The zero-order chi connectivity index (χ0) is 22.9. The van der Waals surface area contributed by atoms with Crippen LogP contribution in [0.3, 0.4) is 0 Å². The Bertz CT molecular complexity index is 1210. The van der Waals surface area contributed by atoms with Gasteiger partial charge in [0.25, 0.3) is 5.91 Å². The van der Waals surface area contributed by atoms with Crippen molar-refractivity contribution in [3.05, 3.63) is 41.9 Å². The van der Waals surface area contributed by atoms with E-state index in [-0.39, 0.29) is 11.9 Å². The average molecular weight is 444 g/mol. The Morgan fingerprint density at radius 3 is 2.52 bits per heavy atom. The molecule has 2 N–H and O–H groups in total. The second-order valence-corrected chi connectivity index (χ2v) is 9.64. The summed E-state index contributed by atoms with van der Waals surface area (Å²) in [5, 5.41) is 21.0. The highest BCUT2D eigenvalue weighted by atomic mass is 16.1. The Labute approximate surface area is 193 Å². The van der Waals surface area contributed by atoms with Gasteiger partial charge in [0.15, 0.2) is 11.5 Å². The van der Waals surface area contributed by atoms with Gasteiger partial charge in [-0.3, -0.25) is 4.79 Å². The summed E-state index contributed by atoms with van der Waals surface area (Å²) in [6, 6.07) is 6.33. The van der Waals surface area contributed by atoms with Crippen LogP contribution in [-0.4, -0.2) is 37.7 Å². The summed E-state index contributed by atoms with van der Waals surface area (Å²) in [5.74, 6) is 1.96. The maximum Gasteiger partial charge on any atom is 0.255 e. The second kappa shape index (κ2) is 8.81. The van der Waals surface area contributed by atoms with Crippen molar-refractivity contribution in [3.63, 3.8) is 0 Å². The predicted octanol–water partition coefficient (Wildman–Crippen LogP) is 4.21. The summed E-state index contributed by atoms with van der Waals surface area (Å²) < 4.78 is 1.64. The summed E-state index contributed by atoms with van der Waals surface area (Å²) in [4.78, 5) is 22.1. The van der Waals surface area contributed by atoms with E-state index in [2.05, 4.69) is 45.6 Å². The summed E-state index contributed by atoms with van der Waals surface area (Å²) in [6.07, 6.45) is 11.4. The maximum absolute atomic E-state index is 13.2. The molecular weight excluding hydrogens is 414 g/mol. The van der Waals surface area contributed by atoms with Crippen molar-refractivity contribution in [2.24, 2.45) is 11.8 Å². The first kappa shape index (κ1) is 21.4. The minimum Gasteiger partial charge on any atom is -0.382 e. The number of carbonyl (C=O) groups is 1. The summed E-state index contributed by atoms with van der Waals surface area (Å²) in [6.45, 7) is 4.57. The lowest BCUT2D eigenvalue weighted by atomic mass is 9.79. The van der Waals surface area contributed by atoms with Gasteiger partial charge in [0, 0.05) is 35.9 Å². The molecule has 0 unspecified atom stereocenters. The molecule has 0 atom stereocenters. The smallest absolute Gasteiger partial charge is 0.255 e. The Morgan fingerprint density at radius 1 is 1.06 bits per heavy atom. The molecule has 0 saturated heterocycles. The SMILES string of the molecule is CC(C)C1CCC(NC(=O)c2cnc(-n3ncc4cc(C#N)cnc43)cc2NC2CC2)CC1. The molecule has 8 nitrogen and oxygen atoms in total. The molecule has 3 aromatic heterocycles. The van der Waals surface area contributed by atoms with Gasteiger partial charge in [-0.1, -0.05) is 13.8 Å². The van der Waals surface area contributed by atoms with Gasteiger partial charge >= 0.3 is 0 Å². The number of rotatable bonds is 6. The first-order chi connectivity index (χ1) is 16.0. The van der Waals surface area contributed by atoms with E-state index in [1.807, 2.05) is 6.07 Å². The molecule has 3 heterocycles. The third-order valence-electron chi connectivity index (χ3n) is 6.88. The monoisotopic (exact) mass is 443 g/mol. The first-order valence-corrected chi connectivity index (χ1v) is 11.8. The average Bonchev–Trinajstić information content (AvgIpc) is 3.54. The minimum atomic E-state index is -0.0766. The third-order valence-corrected chi connectivity index (χ3v) is 6.88. The number of anilines is 1. The lowest BCUT2D eigenvalue weighted by Crippen LogP contribution is -2.38. The van der Waals surface area contributed by atoms with Gasteiger partial charge in [0.05, 0.1) is 23.0 Å². The van der Waals surface area contributed by atoms with Crippen molar-refractivity contribution in [3.8, 4) is 11.9 Å². The van der Waals surface area contributed by atoms with E-state index in [0.717, 1.165) is 42.7 Å². The van der Waals surface area contributed by atoms with Crippen LogP contribution in [0.5, 0.6) is 0 Å². The standard InChI is InChI=1S/C25H29N7O/c1-15(2)17-3-5-20(6-4-17)31-25(33)21-14-27-23(10-22(21)30-19-7-8-19)32-24-18(13-29-32)9-16(11-26)12-28-24/h9-10,12-15,17,19-20H,3-8H2,1-2H3,(H,27,30)(H,31,33). The number of nitrogens with zero attached hydrogens (tertiary/aromatic N) is 5. The molecule has 0 bridgehead atoms. The van der Waals surface area contributed by atoms with Crippen LogP contribution in [0.4, 0.5) is 5.69 Å². The molecular formula is C25H29N7O. The Morgan fingerprint density at radius 2 is 1.82 bits per heavy atom. The van der Waals surface area contributed by atoms with E-state index in [1.54, 1.807) is 23.1 Å². The minimum absolute atomic E-state index is 0.0766. The van der Waals surface area contributed by atoms with Gasteiger partial charge in [0.2, 0.25) is 0 Å². The topological polar surface area (TPSA) is 109 Å². The number of amides is 1. The number of hydrogen-bond acceptors (Lipinski definition) is 6. The van der Waals surface area contributed by atoms with E-state index in [0.29, 0.717) is 34.6 Å². The fourth-order valence-corrected chi connectivity index (χ4v) is 4.65. The van der Waals surface area contributed by atoms with Crippen molar-refractivity contribution < 1.29 is 4.79 Å². The van der Waals surface area contributed by atoms with E-state index < -0.39 is 0 Å². The second-order valence-electron chi connectivity index (χ2n) is 9.64. The molecule has 0 spiro atoms. The fourth-order valence-electron chi connectivity index (χ4n) is 4.65. The van der Waals surface area contributed by atoms with Crippen molar-refractivity contribution in [1.82, 2.24) is 25.1 Å². The van der Waals surface area contributed by atoms with Gasteiger partial charge in [0.1, 0.15) is 6.07 Å². The van der Waals surface area contributed by atoms with Gasteiger partial charge in [-0.15, -0.1) is 0 Å². The molecule has 33 heavy (non-hydrogen) atoms. The fraction of sp³-hybridized carbons (Fsp3) is 0.480. The molecule has 2 aliphatic carbocycles. The number of nitriles is 1. The number of nitrogens with one attached hydrogen (secondary N) is 2. The molecule has 1 amide bonds. The molecule has 170 valence electrons. The van der Waals surface area contributed by atoms with Gasteiger partial charge in [-0.25, -0.2) is 9.97 Å². The van der Waals surface area contributed by atoms with Gasteiger partial charge in [-0.2, -0.15) is 15.0 Å². The highest BCUT2D eigenvalue weighted by Gasteiger charge is 2.27. The summed E-state index contributed by atoms with van der Waals surface area (Å²) in [5.41, 5.74) is 2.44. The number of aromatic nitrogens is 4. The quantitative estimate of drug-likeness (QED) is 0.591. The number of fused-ring (bicyclic) bond motifs is 1. The highest BCUT2D eigenvalue weighted by Crippen LogP contribution is 2.31. The molecule has 0 aromatic carbocycles. The normalized spacial score (nSPS) is 20.5. The number of hydrogen-bond donors (Lipinski definition) is 2. The molecule has 2 saturated carbocycles. The summed E-state index contributed by atoms with van der Waals surface area (Å²) >= 11 is 0. The van der Waals surface area contributed by atoms with Crippen molar-refractivity contribution in [2.75, 3.05) is 5.32 Å². The van der Waals surface area contributed by atoms with E-state index >= 15 is 0 Å². The van der Waals surface area contributed by atoms with Crippen LogP contribution in [0.25, 0.3) is 16.9 Å². The molecule has 0 aliphatic heterocycles. The van der Waals surface area contributed by atoms with Crippen LogP contribution < -0.4 is 10.6 Å². The van der Waals surface area contributed by atoms with E-state index in [4.69, 9.17) is 5.26 Å². The largest absolute Gasteiger partial charge is 0.382 e. The zero-order valence-corrected chi connectivity index (χ0v) is 19.1. The van der Waals surface area contributed by atoms with Crippen molar-refractivity contribution in [1.29, 1.82) is 5.26 Å². The lowest BCUT2D eigenvalue weighted by molar-refractivity contribution is 0.0918. The first-order valence-electron chi connectivity index (χ1n) is 11.8. The van der Waals surface area contributed by atoms with Gasteiger partial charge < -0.3 is 10.6 Å². The van der Waals surface area contributed by atoms with Crippen molar-refractivity contribution >= 4 is 22.6 Å². The van der Waals surface area contributed by atoms with Crippen molar-refractivity contribution in [2.45, 2.75) is 64.5 Å². The summed E-state index contributed by atoms with van der Waals surface area (Å²) in [7, 11) is 0. The van der Waals surface area contributed by atoms with Crippen LogP contribution in [0.2, 0.25) is 0 Å². The lowest BCUT2D eigenvalue weighted by Gasteiger charge is -2.31. The van der Waals surface area contributed by atoms with Crippen LogP contribution in [0.1, 0.15) is 68.3 Å². The number of pyridine rings is 2. The van der Waals surface area contributed by atoms with E-state index in [1.165, 1.54) is 19.0 Å². The van der Waals surface area contributed by atoms with Crippen LogP contribution in [0, 0.1) is 23.2 Å². The highest BCUT2D eigenvalue weighted by molar-refractivity contribution is 6.00. The van der Waals surface area contributed by atoms with Crippen LogP contribution in [0.15, 0.2) is 30.7 Å². The van der Waals surface area contributed by atoms with E-state index in [9.17, 15) is 4.79 Å². The number of carbonyl (C=O) groups excluding carboxylic acids is 1. The van der Waals surface area contributed by atoms with Gasteiger partial charge in [-0.05, 0) is 56.4 Å². The van der Waals surface area contributed by atoms with Crippen LogP contribution in [-0.2, 0) is 0 Å². The Kier molecular flexibility index (Phi) is 5.71. The Hall–Kier alpha value is -3.47.